The lowest BCUT2D eigenvalue weighted by atomic mass is 10.2. The number of carboxylic acid groups (broad SMARTS) is 1. The number of aliphatic carboxylic acids is 1. The first kappa shape index (κ1) is 13.7. The third kappa shape index (κ3) is 2.62. The fourth-order valence-corrected chi connectivity index (χ4v) is 3.60. The fourth-order valence-electron chi connectivity index (χ4n) is 2.44. The maximum Gasteiger partial charge on any atom is 0.313 e. The third-order valence-corrected chi connectivity index (χ3v) is 4.72. The number of halogens is 1. The van der Waals surface area contributed by atoms with E-state index in [9.17, 15) is 4.79 Å². The van der Waals surface area contributed by atoms with E-state index in [0.717, 1.165) is 33.5 Å². The number of aromatic nitrogens is 2. The van der Waals surface area contributed by atoms with Crippen molar-refractivity contribution < 1.29 is 9.90 Å². The van der Waals surface area contributed by atoms with Gasteiger partial charge < -0.3 is 9.67 Å². The molecule has 1 aromatic carbocycles. The van der Waals surface area contributed by atoms with Crippen molar-refractivity contribution in [1.29, 1.82) is 0 Å². The van der Waals surface area contributed by atoms with Crippen molar-refractivity contribution in [2.75, 3.05) is 5.75 Å². The number of hydrogen-bond acceptors (Lipinski definition) is 3. The Morgan fingerprint density at radius 3 is 2.90 bits per heavy atom. The maximum absolute atomic E-state index is 10.8. The number of hydrogen-bond donors (Lipinski definition) is 1. The first-order chi connectivity index (χ1) is 9.65. The van der Waals surface area contributed by atoms with Crippen LogP contribution < -0.4 is 0 Å². The Balaban J connectivity index is 2.06. The van der Waals surface area contributed by atoms with Crippen molar-refractivity contribution in [2.45, 2.75) is 24.0 Å². The van der Waals surface area contributed by atoms with Gasteiger partial charge in [-0.2, -0.15) is 0 Å². The number of carboxylic acids is 1. The second-order valence-corrected chi connectivity index (χ2v) is 6.53. The van der Waals surface area contributed by atoms with Crippen molar-refractivity contribution in [3.8, 4) is 0 Å². The molecule has 2 aromatic rings. The Kier molecular flexibility index (Phi) is 3.85. The molecule has 1 aliphatic carbocycles. The van der Waals surface area contributed by atoms with Crippen molar-refractivity contribution in [1.82, 2.24) is 9.55 Å². The van der Waals surface area contributed by atoms with Gasteiger partial charge in [-0.15, -0.1) is 0 Å². The summed E-state index contributed by atoms with van der Waals surface area (Å²) in [6.45, 7) is 0. The second-order valence-electron chi connectivity index (χ2n) is 4.68. The van der Waals surface area contributed by atoms with Gasteiger partial charge in [-0.25, -0.2) is 4.98 Å². The van der Waals surface area contributed by atoms with Crippen LogP contribution >= 0.6 is 27.7 Å². The molecule has 6 heteroatoms. The molecule has 0 spiro atoms. The normalized spacial score (nSPS) is 15.2. The molecule has 20 heavy (non-hydrogen) atoms. The Bertz CT molecular complexity index is 688. The highest BCUT2D eigenvalue weighted by Crippen LogP contribution is 2.34. The molecule has 0 atom stereocenters. The Morgan fingerprint density at radius 1 is 1.45 bits per heavy atom. The average Bonchev–Trinajstić information content (AvgIpc) is 3.01. The highest BCUT2D eigenvalue weighted by atomic mass is 79.9. The van der Waals surface area contributed by atoms with Crippen LogP contribution in [-0.2, 0) is 4.79 Å². The number of thioether (sulfide) groups is 1. The second kappa shape index (κ2) is 5.61. The third-order valence-electron chi connectivity index (χ3n) is 3.29. The summed E-state index contributed by atoms with van der Waals surface area (Å²) in [7, 11) is 0. The molecule has 0 unspecified atom stereocenters. The lowest BCUT2D eigenvalue weighted by Gasteiger charge is -2.15. The van der Waals surface area contributed by atoms with Gasteiger partial charge in [0.2, 0.25) is 0 Å². The molecule has 3 rings (SSSR count). The summed E-state index contributed by atoms with van der Waals surface area (Å²) in [6, 6.07) is 6.35. The van der Waals surface area contributed by atoms with Crippen LogP contribution in [0.1, 0.15) is 18.9 Å². The van der Waals surface area contributed by atoms with Crippen LogP contribution in [-0.4, -0.2) is 26.4 Å². The molecule has 0 aliphatic heterocycles. The number of fused-ring (bicyclic) bond motifs is 1. The number of nitrogens with zero attached hydrogens (tertiary/aromatic N) is 2. The molecule has 1 aromatic heterocycles. The fraction of sp³-hybridized carbons (Fsp3) is 0.286. The molecular formula is C14H13BrN2O2S. The van der Waals surface area contributed by atoms with Gasteiger partial charge in [0.05, 0.1) is 16.8 Å². The van der Waals surface area contributed by atoms with Gasteiger partial charge in [0.25, 0.3) is 0 Å². The first-order valence-electron chi connectivity index (χ1n) is 6.32. The van der Waals surface area contributed by atoms with Crippen LogP contribution in [0.3, 0.4) is 0 Å². The minimum atomic E-state index is -0.820. The molecule has 4 nitrogen and oxygen atoms in total. The van der Waals surface area contributed by atoms with Crippen LogP contribution in [0.25, 0.3) is 11.0 Å². The van der Waals surface area contributed by atoms with E-state index in [1.807, 2.05) is 18.2 Å². The summed E-state index contributed by atoms with van der Waals surface area (Å²) >= 11 is 4.73. The molecule has 0 fully saturated rings. The van der Waals surface area contributed by atoms with Crippen LogP contribution in [0, 0.1) is 0 Å². The smallest absolute Gasteiger partial charge is 0.313 e. The van der Waals surface area contributed by atoms with E-state index in [4.69, 9.17) is 5.11 Å². The zero-order chi connectivity index (χ0) is 14.1. The van der Waals surface area contributed by atoms with E-state index in [2.05, 4.69) is 37.6 Å². The van der Waals surface area contributed by atoms with E-state index in [1.165, 1.54) is 11.8 Å². The van der Waals surface area contributed by atoms with Gasteiger partial charge >= 0.3 is 5.97 Å². The van der Waals surface area contributed by atoms with E-state index < -0.39 is 5.97 Å². The van der Waals surface area contributed by atoms with Crippen molar-refractivity contribution in [2.24, 2.45) is 0 Å². The van der Waals surface area contributed by atoms with Gasteiger partial charge in [-0.05, 0) is 31.0 Å². The average molecular weight is 353 g/mol. The SMILES string of the molecule is O=C(O)CSc1nc2cc(Br)ccc2n1C1CC=CC1. The Hall–Kier alpha value is -1.27. The van der Waals surface area contributed by atoms with Gasteiger partial charge in [-0.1, -0.05) is 39.8 Å². The van der Waals surface area contributed by atoms with Crippen molar-refractivity contribution in [3.63, 3.8) is 0 Å². The number of carbonyl (C=O) groups is 1. The molecule has 1 N–H and O–H groups in total. The summed E-state index contributed by atoms with van der Waals surface area (Å²) in [5.74, 6) is -0.788. The van der Waals surface area contributed by atoms with Crippen LogP contribution in [0.5, 0.6) is 0 Å². The van der Waals surface area contributed by atoms with E-state index >= 15 is 0 Å². The molecule has 0 bridgehead atoms. The molecule has 1 aliphatic rings. The highest BCUT2D eigenvalue weighted by molar-refractivity contribution is 9.10. The van der Waals surface area contributed by atoms with Gasteiger partial charge in [0.15, 0.2) is 5.16 Å². The Morgan fingerprint density at radius 2 is 2.20 bits per heavy atom. The molecule has 0 amide bonds. The topological polar surface area (TPSA) is 55.1 Å². The number of benzene rings is 1. The number of allylic oxidation sites excluding steroid dienone is 2. The minimum absolute atomic E-state index is 0.0324. The highest BCUT2D eigenvalue weighted by Gasteiger charge is 2.20. The first-order valence-corrected chi connectivity index (χ1v) is 8.10. The van der Waals surface area contributed by atoms with Crippen molar-refractivity contribution in [3.05, 3.63) is 34.8 Å². The van der Waals surface area contributed by atoms with Crippen molar-refractivity contribution >= 4 is 44.7 Å². The lowest BCUT2D eigenvalue weighted by molar-refractivity contribution is -0.133. The quantitative estimate of drug-likeness (QED) is 0.670. The largest absolute Gasteiger partial charge is 0.481 e. The monoisotopic (exact) mass is 352 g/mol. The summed E-state index contributed by atoms with van der Waals surface area (Å²) in [5, 5.41) is 9.66. The maximum atomic E-state index is 10.8. The molecule has 1 heterocycles. The predicted octanol–water partition coefficient (Wildman–Crippen LogP) is 3.87. The van der Waals surface area contributed by atoms with Gasteiger partial charge in [-0.3, -0.25) is 4.79 Å². The summed E-state index contributed by atoms with van der Waals surface area (Å²) in [5.41, 5.74) is 1.97. The molecule has 0 saturated heterocycles. The summed E-state index contributed by atoms with van der Waals surface area (Å²) < 4.78 is 3.16. The molecule has 104 valence electrons. The van der Waals surface area contributed by atoms with Crippen LogP contribution in [0.15, 0.2) is 40.0 Å². The van der Waals surface area contributed by atoms with E-state index in [0.29, 0.717) is 6.04 Å². The van der Waals surface area contributed by atoms with Gasteiger partial charge in [0, 0.05) is 10.5 Å². The zero-order valence-electron chi connectivity index (χ0n) is 10.6. The Labute approximate surface area is 129 Å². The summed E-state index contributed by atoms with van der Waals surface area (Å²) in [4.78, 5) is 15.4. The molecule has 0 radical (unpaired) electrons. The number of rotatable bonds is 4. The predicted molar refractivity (Wildman–Crippen MR) is 83.2 cm³/mol. The number of imidazole rings is 1. The van der Waals surface area contributed by atoms with Gasteiger partial charge in [0.1, 0.15) is 0 Å². The summed E-state index contributed by atoms with van der Waals surface area (Å²) in [6.07, 6.45) is 6.28. The zero-order valence-corrected chi connectivity index (χ0v) is 13.0. The van der Waals surface area contributed by atoms with Crippen LogP contribution in [0.2, 0.25) is 0 Å². The van der Waals surface area contributed by atoms with E-state index in [-0.39, 0.29) is 5.75 Å². The van der Waals surface area contributed by atoms with E-state index in [1.54, 1.807) is 0 Å². The standard InChI is InChI=1S/C14H13BrN2O2S/c15-9-5-6-12-11(7-9)16-14(20-8-13(18)19)17(12)10-3-1-2-4-10/h1-2,5-7,10H,3-4,8H2,(H,18,19). The minimum Gasteiger partial charge on any atom is -0.481 e. The van der Waals surface area contributed by atoms with Crippen LogP contribution in [0.4, 0.5) is 0 Å². The lowest BCUT2D eigenvalue weighted by Crippen LogP contribution is -2.08. The molecular weight excluding hydrogens is 340 g/mol. The molecule has 0 saturated carbocycles.